The highest BCUT2D eigenvalue weighted by atomic mass is 19.4. The molecule has 18 heavy (non-hydrogen) atoms. The number of nitrogens with two attached hydrogens (primary N) is 1. The molecule has 0 aromatic carbocycles. The summed E-state index contributed by atoms with van der Waals surface area (Å²) in [7, 11) is 0. The van der Waals surface area contributed by atoms with E-state index in [0.29, 0.717) is 0 Å². The van der Waals surface area contributed by atoms with Crippen molar-refractivity contribution in [2.45, 2.75) is 18.4 Å². The minimum atomic E-state index is -4.62. The molecule has 1 fully saturated rings. The second-order valence-corrected chi connectivity index (χ2v) is 4.01. The first-order valence-electron chi connectivity index (χ1n) is 5.10. The van der Waals surface area contributed by atoms with Crippen LogP contribution in [0, 0.1) is 0 Å². The highest BCUT2D eigenvalue weighted by molar-refractivity contribution is 5.45. The monoisotopic (exact) mass is 264 g/mol. The van der Waals surface area contributed by atoms with E-state index >= 15 is 0 Å². The fourth-order valence-electron chi connectivity index (χ4n) is 1.72. The molecule has 0 saturated carbocycles. The smallest absolute Gasteiger partial charge is 0.389 e. The van der Waals surface area contributed by atoms with Gasteiger partial charge in [-0.3, -0.25) is 0 Å². The number of nitrogen functional groups attached to an aromatic ring is 1. The molecule has 1 aliphatic rings. The maximum atomic E-state index is 12.5. The third-order valence-electron chi connectivity index (χ3n) is 2.60. The molecule has 1 aliphatic heterocycles. The Labute approximate surface area is 99.9 Å². The van der Waals surface area contributed by atoms with Crippen LogP contribution >= 0.6 is 0 Å². The number of hydrogen-bond acceptors (Lipinski definition) is 6. The van der Waals surface area contributed by atoms with Gasteiger partial charge >= 0.3 is 6.18 Å². The molecule has 1 aromatic heterocycles. The summed E-state index contributed by atoms with van der Waals surface area (Å²) in [4.78, 5) is 8.10. The lowest BCUT2D eigenvalue weighted by atomic mass is 10.3. The average Bonchev–Trinajstić information content (AvgIpc) is 2.57. The Morgan fingerprint density at radius 1 is 1.22 bits per heavy atom. The molecule has 2 unspecified atom stereocenters. The van der Waals surface area contributed by atoms with Crippen LogP contribution in [0.1, 0.15) is 5.69 Å². The molecule has 0 bridgehead atoms. The van der Waals surface area contributed by atoms with Gasteiger partial charge in [0.2, 0.25) is 5.95 Å². The highest BCUT2D eigenvalue weighted by Gasteiger charge is 2.36. The topological polar surface area (TPSA) is 95.5 Å². The summed E-state index contributed by atoms with van der Waals surface area (Å²) < 4.78 is 37.6. The molecular weight excluding hydrogens is 253 g/mol. The fraction of sp³-hybridized carbons (Fsp3) is 0.556. The Morgan fingerprint density at radius 2 is 1.78 bits per heavy atom. The van der Waals surface area contributed by atoms with E-state index in [1.165, 1.54) is 4.90 Å². The summed E-state index contributed by atoms with van der Waals surface area (Å²) in [6.07, 6.45) is -6.66. The Kier molecular flexibility index (Phi) is 3.03. The lowest BCUT2D eigenvalue weighted by Crippen LogP contribution is -2.24. The molecule has 6 nitrogen and oxygen atoms in total. The van der Waals surface area contributed by atoms with E-state index in [4.69, 9.17) is 5.73 Å². The summed E-state index contributed by atoms with van der Waals surface area (Å²) >= 11 is 0. The standard InChI is InChI=1S/C9H11F3N4O2/c10-9(11,12)6-1-7(15-8(13)14-6)16-2-4(17)5(18)3-16/h1,4-5,17-18H,2-3H2,(H2,13,14,15). The van der Waals surface area contributed by atoms with Gasteiger partial charge in [-0.15, -0.1) is 0 Å². The largest absolute Gasteiger partial charge is 0.433 e. The number of anilines is 2. The summed E-state index contributed by atoms with van der Waals surface area (Å²) in [6, 6.07) is 0.737. The van der Waals surface area contributed by atoms with Crippen molar-refractivity contribution in [3.8, 4) is 0 Å². The first-order valence-corrected chi connectivity index (χ1v) is 5.10. The summed E-state index contributed by atoms with van der Waals surface area (Å²) in [5, 5.41) is 18.7. The van der Waals surface area contributed by atoms with E-state index < -0.39 is 30.0 Å². The van der Waals surface area contributed by atoms with E-state index in [1.807, 2.05) is 0 Å². The molecule has 2 atom stereocenters. The van der Waals surface area contributed by atoms with Crippen molar-refractivity contribution in [1.82, 2.24) is 9.97 Å². The third kappa shape index (κ3) is 2.46. The maximum Gasteiger partial charge on any atom is 0.433 e. The molecular formula is C9H11F3N4O2. The zero-order valence-electron chi connectivity index (χ0n) is 9.09. The molecule has 1 saturated heterocycles. The van der Waals surface area contributed by atoms with Crippen molar-refractivity contribution < 1.29 is 23.4 Å². The maximum absolute atomic E-state index is 12.5. The average molecular weight is 264 g/mol. The van der Waals surface area contributed by atoms with Crippen LogP contribution < -0.4 is 10.6 Å². The van der Waals surface area contributed by atoms with Crippen LogP contribution in [0.3, 0.4) is 0 Å². The van der Waals surface area contributed by atoms with Crippen LogP contribution in [0.5, 0.6) is 0 Å². The first-order chi connectivity index (χ1) is 8.27. The molecule has 0 aliphatic carbocycles. The lowest BCUT2D eigenvalue weighted by Gasteiger charge is -2.17. The second-order valence-electron chi connectivity index (χ2n) is 4.01. The Balaban J connectivity index is 2.32. The first kappa shape index (κ1) is 12.8. The van der Waals surface area contributed by atoms with Gasteiger partial charge in [-0.1, -0.05) is 0 Å². The van der Waals surface area contributed by atoms with Gasteiger partial charge in [-0.05, 0) is 0 Å². The van der Waals surface area contributed by atoms with Gasteiger partial charge < -0.3 is 20.8 Å². The third-order valence-corrected chi connectivity index (χ3v) is 2.60. The fourth-order valence-corrected chi connectivity index (χ4v) is 1.72. The van der Waals surface area contributed by atoms with E-state index in [1.54, 1.807) is 0 Å². The van der Waals surface area contributed by atoms with E-state index in [9.17, 15) is 23.4 Å². The number of hydrogen-bond donors (Lipinski definition) is 3. The summed E-state index contributed by atoms with van der Waals surface area (Å²) in [5.41, 5.74) is 4.07. The van der Waals surface area contributed by atoms with Gasteiger partial charge in [-0.25, -0.2) is 4.98 Å². The van der Waals surface area contributed by atoms with Gasteiger partial charge in [0.25, 0.3) is 0 Å². The summed E-state index contributed by atoms with van der Waals surface area (Å²) in [5.74, 6) is -0.568. The van der Waals surface area contributed by atoms with Gasteiger partial charge in [-0.2, -0.15) is 18.2 Å². The molecule has 0 amide bonds. The van der Waals surface area contributed by atoms with Gasteiger partial charge in [0.1, 0.15) is 5.82 Å². The molecule has 4 N–H and O–H groups in total. The second kappa shape index (κ2) is 4.25. The van der Waals surface area contributed by atoms with Crippen molar-refractivity contribution in [2.24, 2.45) is 0 Å². The number of alkyl halides is 3. The molecule has 2 heterocycles. The Bertz CT molecular complexity index is 444. The zero-order chi connectivity index (χ0) is 13.5. The number of β-amino-alcohol motifs (C(OH)–C–C–N with tert-alkyl or cyclic N) is 2. The van der Waals surface area contributed by atoms with E-state index in [-0.39, 0.29) is 18.9 Å². The summed E-state index contributed by atoms with van der Waals surface area (Å²) in [6.45, 7) is -0.0101. The molecule has 0 radical (unpaired) electrons. The SMILES string of the molecule is Nc1nc(N2CC(O)C(O)C2)cc(C(F)(F)F)n1. The Hall–Kier alpha value is -1.61. The van der Waals surface area contributed by atoms with Crippen molar-refractivity contribution >= 4 is 11.8 Å². The van der Waals surface area contributed by atoms with E-state index in [0.717, 1.165) is 6.07 Å². The predicted molar refractivity (Wildman–Crippen MR) is 55.7 cm³/mol. The highest BCUT2D eigenvalue weighted by Crippen LogP contribution is 2.30. The van der Waals surface area contributed by atoms with Crippen LogP contribution in [-0.4, -0.2) is 45.5 Å². The molecule has 1 aromatic rings. The number of nitrogens with zero attached hydrogens (tertiary/aromatic N) is 3. The van der Waals surface area contributed by atoms with Crippen LogP contribution in [-0.2, 0) is 6.18 Å². The van der Waals surface area contributed by atoms with Gasteiger partial charge in [0, 0.05) is 19.2 Å². The molecule has 2 rings (SSSR count). The van der Waals surface area contributed by atoms with Gasteiger partial charge in [0.05, 0.1) is 12.2 Å². The van der Waals surface area contributed by atoms with Crippen LogP contribution in [0.25, 0.3) is 0 Å². The number of aromatic nitrogens is 2. The van der Waals surface area contributed by atoms with Crippen molar-refractivity contribution in [3.63, 3.8) is 0 Å². The van der Waals surface area contributed by atoms with Crippen molar-refractivity contribution in [3.05, 3.63) is 11.8 Å². The quantitative estimate of drug-likeness (QED) is 0.640. The number of aliphatic hydroxyl groups excluding tert-OH is 2. The molecule has 100 valence electrons. The van der Waals surface area contributed by atoms with Crippen LogP contribution in [0.4, 0.5) is 24.9 Å². The van der Waals surface area contributed by atoms with Crippen molar-refractivity contribution in [1.29, 1.82) is 0 Å². The zero-order valence-corrected chi connectivity index (χ0v) is 9.09. The van der Waals surface area contributed by atoms with Crippen LogP contribution in [0.15, 0.2) is 6.07 Å². The number of rotatable bonds is 1. The lowest BCUT2D eigenvalue weighted by molar-refractivity contribution is -0.141. The van der Waals surface area contributed by atoms with E-state index in [2.05, 4.69) is 9.97 Å². The number of halogens is 3. The molecule has 0 spiro atoms. The Morgan fingerprint density at radius 3 is 2.28 bits per heavy atom. The van der Waals surface area contributed by atoms with Crippen molar-refractivity contribution in [2.75, 3.05) is 23.7 Å². The molecule has 9 heteroatoms. The normalized spacial score (nSPS) is 24.6. The minimum Gasteiger partial charge on any atom is -0.389 e. The number of aliphatic hydroxyl groups is 2. The van der Waals surface area contributed by atoms with Crippen LogP contribution in [0.2, 0.25) is 0 Å². The van der Waals surface area contributed by atoms with Gasteiger partial charge in [0.15, 0.2) is 5.69 Å². The minimum absolute atomic E-state index is 0.00504. The predicted octanol–water partition coefficient (Wildman–Crippen LogP) is -0.381.